The summed E-state index contributed by atoms with van der Waals surface area (Å²) in [4.78, 5) is 32.2. The van der Waals surface area contributed by atoms with Gasteiger partial charge in [0.25, 0.3) is 5.91 Å². The summed E-state index contributed by atoms with van der Waals surface area (Å²) in [5.74, 6) is -0.576. The Balaban J connectivity index is 1.36. The van der Waals surface area contributed by atoms with Crippen LogP contribution in [0.3, 0.4) is 0 Å². The third-order valence-corrected chi connectivity index (χ3v) is 8.60. The molecule has 36 heavy (non-hydrogen) atoms. The van der Waals surface area contributed by atoms with Crippen LogP contribution in [0.5, 0.6) is 0 Å². The zero-order valence-electron chi connectivity index (χ0n) is 20.4. The number of halogens is 1. The van der Waals surface area contributed by atoms with Crippen molar-refractivity contribution in [3.05, 3.63) is 35.0 Å². The normalized spacial score (nSPS) is 26.6. The van der Waals surface area contributed by atoms with Gasteiger partial charge in [0.1, 0.15) is 24.0 Å². The average molecular weight is 512 g/mol. The molecule has 3 fully saturated rings. The summed E-state index contributed by atoms with van der Waals surface area (Å²) in [6, 6.07) is 8.11. The average Bonchev–Trinajstić information content (AvgIpc) is 3.46. The van der Waals surface area contributed by atoms with Gasteiger partial charge in [0, 0.05) is 28.4 Å². The minimum atomic E-state index is -0.716. The van der Waals surface area contributed by atoms with E-state index in [4.69, 9.17) is 11.6 Å². The van der Waals surface area contributed by atoms with Gasteiger partial charge in [-0.05, 0) is 68.7 Å². The molecule has 4 N–H and O–H groups in total. The van der Waals surface area contributed by atoms with Gasteiger partial charge in [-0.2, -0.15) is 5.26 Å². The summed E-state index contributed by atoms with van der Waals surface area (Å²) in [6.07, 6.45) is 7.47. The number of H-pyrrole nitrogens is 1. The van der Waals surface area contributed by atoms with Crippen molar-refractivity contribution < 1.29 is 14.7 Å². The van der Waals surface area contributed by atoms with E-state index in [0.717, 1.165) is 56.0 Å². The fourth-order valence-electron chi connectivity index (χ4n) is 6.44. The molecule has 3 aliphatic rings. The second kappa shape index (κ2) is 10.4. The number of nitrogens with zero attached hydrogens (tertiary/aromatic N) is 2. The fraction of sp³-hybridized carbons (Fsp3) is 0.593. The number of aromatic amines is 1. The Labute approximate surface area is 216 Å². The maximum absolute atomic E-state index is 13.7. The highest BCUT2D eigenvalue weighted by Crippen LogP contribution is 2.46. The van der Waals surface area contributed by atoms with Crippen molar-refractivity contribution in [2.45, 2.75) is 76.1 Å². The molecule has 2 saturated heterocycles. The van der Waals surface area contributed by atoms with E-state index in [1.807, 2.05) is 12.1 Å². The van der Waals surface area contributed by atoms with E-state index in [0.29, 0.717) is 30.1 Å². The lowest BCUT2D eigenvalue weighted by atomic mass is 9.72. The SMILES string of the molecule is N#C[C@H](C[C@@H]1CCCNC1O)NC(=O)[C@@H]1CC2(CCCCC2)CN1C(=O)c1cc2ccc(Cl)cc2[nH]1. The summed E-state index contributed by atoms with van der Waals surface area (Å²) in [7, 11) is 0. The van der Waals surface area contributed by atoms with Crippen LogP contribution in [0.4, 0.5) is 0 Å². The molecule has 1 spiro atoms. The smallest absolute Gasteiger partial charge is 0.271 e. The molecule has 2 aliphatic heterocycles. The molecule has 1 aromatic carbocycles. The number of likely N-dealkylation sites (tertiary alicyclic amines) is 1. The number of rotatable bonds is 5. The molecule has 5 rings (SSSR count). The van der Waals surface area contributed by atoms with E-state index < -0.39 is 18.3 Å². The van der Waals surface area contributed by atoms with E-state index in [1.165, 1.54) is 6.42 Å². The van der Waals surface area contributed by atoms with E-state index >= 15 is 0 Å². The van der Waals surface area contributed by atoms with Crippen molar-refractivity contribution in [3.63, 3.8) is 0 Å². The first-order chi connectivity index (χ1) is 17.4. The maximum Gasteiger partial charge on any atom is 0.271 e. The highest BCUT2D eigenvalue weighted by atomic mass is 35.5. The summed E-state index contributed by atoms with van der Waals surface area (Å²) in [5, 5.41) is 27.4. The van der Waals surface area contributed by atoms with Crippen LogP contribution in [0.2, 0.25) is 5.02 Å². The Kier molecular flexibility index (Phi) is 7.25. The maximum atomic E-state index is 13.7. The molecule has 9 heteroatoms. The lowest BCUT2D eigenvalue weighted by molar-refractivity contribution is -0.125. The van der Waals surface area contributed by atoms with Crippen molar-refractivity contribution in [2.24, 2.45) is 11.3 Å². The Morgan fingerprint density at radius 3 is 2.81 bits per heavy atom. The molecule has 192 valence electrons. The molecule has 1 aliphatic carbocycles. The largest absolute Gasteiger partial charge is 0.378 e. The first kappa shape index (κ1) is 25.1. The number of carbonyl (C=O) groups is 2. The van der Waals surface area contributed by atoms with Gasteiger partial charge in [-0.15, -0.1) is 0 Å². The molecule has 2 amide bonds. The van der Waals surface area contributed by atoms with Crippen LogP contribution in [0.25, 0.3) is 10.9 Å². The number of hydrogen-bond donors (Lipinski definition) is 4. The second-order valence-electron chi connectivity index (χ2n) is 10.9. The summed E-state index contributed by atoms with van der Waals surface area (Å²) in [6.45, 7) is 1.30. The number of fused-ring (bicyclic) bond motifs is 1. The van der Waals surface area contributed by atoms with Crippen LogP contribution < -0.4 is 10.6 Å². The van der Waals surface area contributed by atoms with Gasteiger partial charge in [0.15, 0.2) is 0 Å². The number of aliphatic hydroxyl groups is 1. The number of nitriles is 1. The minimum absolute atomic E-state index is 0.0587. The van der Waals surface area contributed by atoms with Gasteiger partial charge in [-0.1, -0.05) is 36.9 Å². The molecule has 2 aromatic rings. The first-order valence-electron chi connectivity index (χ1n) is 13.1. The van der Waals surface area contributed by atoms with Crippen LogP contribution in [-0.2, 0) is 4.79 Å². The molecule has 4 atom stereocenters. The standard InChI is InChI=1S/C27H34ClN5O3/c28-19-7-6-17-12-22(32-21(17)13-19)26(36)33-16-27(8-2-1-3-9-27)14-23(33)25(35)31-20(15-29)11-18-5-4-10-30-24(18)34/h6-7,12-13,18,20,23-24,30,32,34H,1-5,8-11,14,16H2,(H,31,35)/t18-,20-,23-,24?/m0/s1. The summed E-state index contributed by atoms with van der Waals surface area (Å²) in [5.41, 5.74) is 1.16. The van der Waals surface area contributed by atoms with Crippen LogP contribution in [0.1, 0.15) is 68.3 Å². The molecular weight excluding hydrogens is 478 g/mol. The Morgan fingerprint density at radius 1 is 1.25 bits per heavy atom. The van der Waals surface area contributed by atoms with Crippen molar-refractivity contribution >= 4 is 34.3 Å². The van der Waals surface area contributed by atoms with Gasteiger partial charge in [0.2, 0.25) is 5.91 Å². The van der Waals surface area contributed by atoms with Gasteiger partial charge >= 0.3 is 0 Å². The number of aromatic nitrogens is 1. The Bertz CT molecular complexity index is 1170. The van der Waals surface area contributed by atoms with Gasteiger partial charge < -0.3 is 20.3 Å². The Hall–Kier alpha value is -2.60. The molecule has 3 heterocycles. The van der Waals surface area contributed by atoms with Crippen LogP contribution in [0, 0.1) is 22.7 Å². The van der Waals surface area contributed by atoms with Crippen LogP contribution >= 0.6 is 11.6 Å². The number of nitrogens with one attached hydrogen (secondary N) is 3. The number of aliphatic hydroxyl groups excluding tert-OH is 1. The Morgan fingerprint density at radius 2 is 2.06 bits per heavy atom. The topological polar surface area (TPSA) is 121 Å². The van der Waals surface area contributed by atoms with Crippen molar-refractivity contribution in [1.29, 1.82) is 5.26 Å². The molecule has 8 nitrogen and oxygen atoms in total. The predicted molar refractivity (Wildman–Crippen MR) is 137 cm³/mol. The number of carbonyl (C=O) groups excluding carboxylic acids is 2. The summed E-state index contributed by atoms with van der Waals surface area (Å²) >= 11 is 6.12. The number of amides is 2. The number of benzene rings is 1. The molecule has 0 radical (unpaired) electrons. The highest BCUT2D eigenvalue weighted by Gasteiger charge is 2.49. The second-order valence-corrected chi connectivity index (χ2v) is 11.3. The lowest BCUT2D eigenvalue weighted by Crippen LogP contribution is -2.50. The quantitative estimate of drug-likeness (QED) is 0.487. The summed E-state index contributed by atoms with van der Waals surface area (Å²) < 4.78 is 0. The first-order valence-corrected chi connectivity index (χ1v) is 13.5. The molecule has 1 saturated carbocycles. The number of hydrogen-bond acceptors (Lipinski definition) is 5. The van der Waals surface area contributed by atoms with Gasteiger partial charge in [-0.25, -0.2) is 0 Å². The van der Waals surface area contributed by atoms with Gasteiger partial charge in [0.05, 0.1) is 6.07 Å². The lowest BCUT2D eigenvalue weighted by Gasteiger charge is -2.32. The van der Waals surface area contributed by atoms with E-state index in [9.17, 15) is 20.0 Å². The molecule has 1 unspecified atom stereocenters. The van der Waals surface area contributed by atoms with Crippen molar-refractivity contribution in [1.82, 2.24) is 20.5 Å². The molecule has 0 bridgehead atoms. The third-order valence-electron chi connectivity index (χ3n) is 8.36. The minimum Gasteiger partial charge on any atom is -0.378 e. The van der Waals surface area contributed by atoms with E-state index in [2.05, 4.69) is 21.7 Å². The monoisotopic (exact) mass is 511 g/mol. The van der Waals surface area contributed by atoms with E-state index in [1.54, 1.807) is 17.0 Å². The van der Waals surface area contributed by atoms with Crippen LogP contribution in [-0.4, -0.2) is 58.2 Å². The zero-order chi connectivity index (χ0) is 25.3. The van der Waals surface area contributed by atoms with Crippen LogP contribution in [0.15, 0.2) is 24.3 Å². The predicted octanol–water partition coefficient (Wildman–Crippen LogP) is 3.70. The highest BCUT2D eigenvalue weighted by molar-refractivity contribution is 6.31. The molecule has 1 aromatic heterocycles. The van der Waals surface area contributed by atoms with Crippen molar-refractivity contribution in [2.75, 3.05) is 13.1 Å². The zero-order valence-corrected chi connectivity index (χ0v) is 21.2. The van der Waals surface area contributed by atoms with Crippen molar-refractivity contribution in [3.8, 4) is 6.07 Å². The molecular formula is C27H34ClN5O3. The van der Waals surface area contributed by atoms with Gasteiger partial charge in [-0.3, -0.25) is 14.9 Å². The fourth-order valence-corrected chi connectivity index (χ4v) is 6.61. The number of piperidine rings is 1. The van der Waals surface area contributed by atoms with E-state index in [-0.39, 0.29) is 23.1 Å². The third kappa shape index (κ3) is 5.10.